The van der Waals surface area contributed by atoms with Gasteiger partial charge in [-0.3, -0.25) is 9.59 Å². The average Bonchev–Trinajstić information content (AvgIpc) is 0.722. The molecule has 1 fully saturated rings. The van der Waals surface area contributed by atoms with Crippen molar-refractivity contribution in [3.63, 3.8) is 0 Å². The normalized spacial score (nSPS) is 13.0. The fourth-order valence-electron chi connectivity index (χ4n) is 14.0. The molecule has 670 valence electrons. The molecule has 0 radical (unpaired) electrons. The molecule has 9 N–H and O–H groups in total. The number of methoxy groups -OCH3 is 2. The maximum absolute atomic E-state index is 13.7. The number of ether oxygens (including phenoxy) is 2. The van der Waals surface area contributed by atoms with E-state index in [1.54, 1.807) is 47.1 Å². The van der Waals surface area contributed by atoms with E-state index in [2.05, 4.69) is 141 Å². The minimum absolute atomic E-state index is 0. The number of aromatic hydroxyl groups is 8. The van der Waals surface area contributed by atoms with Crippen LogP contribution in [0.5, 0.6) is 57.5 Å². The number of rotatable bonds is 18. The summed E-state index contributed by atoms with van der Waals surface area (Å²) in [6.45, 7) is 9.01. The fourth-order valence-corrected chi connectivity index (χ4v) is 14.6. The minimum atomic E-state index is -1.66. The van der Waals surface area contributed by atoms with Crippen LogP contribution < -0.4 is 90.1 Å². The Balaban J connectivity index is 0.000000194. The van der Waals surface area contributed by atoms with Gasteiger partial charge < -0.3 is 90.6 Å². The molecule has 0 bridgehead atoms. The number of phenolic OH excluding ortho intramolecular Hbond substituents is 6. The number of nitrogens with zero attached hydrogens (tertiary/aromatic N) is 4. The number of nitrogens with one attached hydrogen (secondary N) is 1. The smallest absolute Gasteiger partial charge is 0.851 e. The molecular weight excluding hydrogens is 1940 g/mol. The van der Waals surface area contributed by atoms with Gasteiger partial charge in [-0.15, -0.1) is 65.1 Å². The van der Waals surface area contributed by atoms with Crippen LogP contribution in [0.15, 0.2) is 396 Å². The van der Waals surface area contributed by atoms with Crippen molar-refractivity contribution in [2.75, 3.05) is 39.1 Å². The standard InChI is InChI=1S/C40H32N2O6.C20H19NO.C18H15NO2.C12H11N.C8H9BrO.C4H2O4.C4H9O.BBr3.Na/c43-31-21-29(41(25-13-5-1-6-14-25)26-15-7-2-8-16-26)22-32(44)35(31)37-39(47)38(40(37)48)36-33(45)23-30(24-34(36)46)42(27-17-9-3-10-18-27)28-19-11-4-12-20-28;1-16-13-19(15-20(14-16)22-2)21(17-9-5-3-6-10-17)18-11-7-4-8-12-18;20-17-11-16(12-18(21)13-17)19(14-7-3-1-4-8-14)15-9-5-2-6-10-15;1-3-7-11(8-4-1)13-12-9-5-2-6-10-12;1-6-3-7(9)5-8(4-6)10-2;5-1-2(6)4(8)3(1)7;1-4(2,3)5;2-1(3)4;/h1-24,37-40,43-46H;3-15H,1-2H3;1-13,20-21H;1-10,13H;3-5H,1-2H3;5-6H;1-3H3;;/q-2;;;;;;-1;;+1. The number of anilines is 14. The van der Waals surface area contributed by atoms with Crippen LogP contribution in [0.2, 0.25) is 0 Å². The van der Waals surface area contributed by atoms with Crippen molar-refractivity contribution >= 4 is 146 Å². The summed E-state index contributed by atoms with van der Waals surface area (Å²) in [5, 5.41) is 122. The zero-order valence-corrected chi connectivity index (χ0v) is 81.8. The molecule has 16 aromatic carbocycles. The summed E-state index contributed by atoms with van der Waals surface area (Å²) in [6, 6.07) is 121. The van der Waals surface area contributed by atoms with Crippen LogP contribution in [0, 0.1) is 13.8 Å². The Labute approximate surface area is 824 Å². The van der Waals surface area contributed by atoms with Gasteiger partial charge in [-0.1, -0.05) is 219 Å². The second-order valence-corrected chi connectivity index (χ2v) is 37.8. The number of hydrogen-bond donors (Lipinski definition) is 9. The molecule has 17 rings (SSSR count). The van der Waals surface area contributed by atoms with Gasteiger partial charge >= 0.3 is 32.7 Å². The van der Waals surface area contributed by atoms with Gasteiger partial charge in [0.1, 0.15) is 46.0 Å². The maximum Gasteiger partial charge on any atom is 1.00 e. The van der Waals surface area contributed by atoms with Crippen molar-refractivity contribution in [2.45, 2.75) is 64.3 Å². The predicted molar refractivity (Wildman–Crippen MR) is 537 cm³/mol. The Morgan fingerprint density at radius 3 is 0.765 bits per heavy atom. The van der Waals surface area contributed by atoms with E-state index in [0.717, 1.165) is 78.5 Å². The SMILES string of the molecule is BrB(Br)Br.CC(C)(C)[O-].COc1cc(C)cc(Br)c1.COc1cc(C)cc(N(c2ccccc2)c2ccccc2)c1.O=c1c(O)c(O)c1=O.Oc1cc(O)cc(N(c2ccccc2)c2ccccc2)c1.[Na+].[O-]C1C(c2c(O)cc(N(c3ccccc3)c3ccccc3)cc2O)C([O-])C1c1c(O)cc(N(c2ccccc2)c2ccccc2)cc1O.c1ccc(Nc2ccccc2)cc1. The molecule has 26 heteroatoms. The number of phenols is 6. The molecule has 132 heavy (non-hydrogen) atoms. The van der Waals surface area contributed by atoms with Crippen LogP contribution in [0.1, 0.15) is 54.9 Å². The van der Waals surface area contributed by atoms with Crippen molar-refractivity contribution in [1.82, 2.24) is 0 Å². The first-order valence-electron chi connectivity index (χ1n) is 41.1. The first-order valence-corrected chi connectivity index (χ1v) is 44.7. The van der Waals surface area contributed by atoms with Crippen LogP contribution in [0.25, 0.3) is 0 Å². The van der Waals surface area contributed by atoms with E-state index < -0.39 is 75.0 Å². The summed E-state index contributed by atoms with van der Waals surface area (Å²) < 4.78 is 11.8. The molecule has 0 saturated heterocycles. The largest absolute Gasteiger partial charge is 1.00 e. The summed E-state index contributed by atoms with van der Waals surface area (Å²) in [4.78, 5) is 27.8. The Bertz CT molecular complexity index is 5830. The third-order valence-electron chi connectivity index (χ3n) is 19.6. The summed E-state index contributed by atoms with van der Waals surface area (Å²) in [6.07, 6.45) is -3.31. The first-order chi connectivity index (χ1) is 62.9. The molecular formula is C106H97BBr4N5NaO15-2. The second kappa shape index (κ2) is 50.6. The van der Waals surface area contributed by atoms with Crippen LogP contribution in [-0.2, 0) is 0 Å². The minimum Gasteiger partial charge on any atom is -0.851 e. The Morgan fingerprint density at radius 1 is 0.326 bits per heavy atom. The molecule has 0 spiro atoms. The van der Waals surface area contributed by atoms with Crippen LogP contribution >= 0.6 is 63.2 Å². The predicted octanol–water partition coefficient (Wildman–Crippen LogP) is 21.0. The maximum atomic E-state index is 13.7. The Kier molecular flexibility index (Phi) is 39.5. The van der Waals surface area contributed by atoms with Crippen molar-refractivity contribution in [3.8, 4) is 57.5 Å². The summed E-state index contributed by atoms with van der Waals surface area (Å²) >= 11 is 12.7. The van der Waals surface area contributed by atoms with E-state index in [9.17, 15) is 55.5 Å². The summed E-state index contributed by atoms with van der Waals surface area (Å²) in [5.41, 5.74) is 11.4. The van der Waals surface area contributed by atoms with E-state index in [-0.39, 0.29) is 55.4 Å². The van der Waals surface area contributed by atoms with E-state index in [1.807, 2.05) is 301 Å². The van der Waals surface area contributed by atoms with E-state index in [1.165, 1.54) is 41.5 Å². The van der Waals surface area contributed by atoms with E-state index in [4.69, 9.17) is 19.7 Å². The molecule has 0 unspecified atom stereocenters. The average molecular weight is 2030 g/mol. The van der Waals surface area contributed by atoms with Gasteiger partial charge in [0.2, 0.25) is 11.5 Å². The quantitative estimate of drug-likeness (QED) is 0.0285. The van der Waals surface area contributed by atoms with Crippen LogP contribution in [0.4, 0.5) is 79.6 Å². The van der Waals surface area contributed by atoms with Gasteiger partial charge in [-0.2, -0.15) is 0 Å². The monoisotopic (exact) mass is 2030 g/mol. The number of hydrogen-bond acceptors (Lipinski definition) is 20. The van der Waals surface area contributed by atoms with Gasteiger partial charge in [0.25, 0.3) is 10.9 Å². The Morgan fingerprint density at radius 2 is 0.538 bits per heavy atom. The van der Waals surface area contributed by atoms with Gasteiger partial charge in [-0.05, 0) is 188 Å². The topological polar surface area (TPSA) is 309 Å². The number of para-hydroxylation sites is 10. The zero-order chi connectivity index (χ0) is 94.3. The molecule has 20 nitrogen and oxygen atoms in total. The summed E-state index contributed by atoms with van der Waals surface area (Å²) in [7, 11) is 3.37. The molecule has 0 aromatic heterocycles. The molecule has 16 aromatic rings. The van der Waals surface area contributed by atoms with Crippen molar-refractivity contribution in [3.05, 3.63) is 429 Å². The Hall–Kier alpha value is -12.8. The van der Waals surface area contributed by atoms with Gasteiger partial charge in [0.15, 0.2) is 0 Å². The first kappa shape index (κ1) is 103. The van der Waals surface area contributed by atoms with Crippen molar-refractivity contribution in [1.29, 1.82) is 0 Å². The van der Waals surface area contributed by atoms with Crippen molar-refractivity contribution < 1.29 is 95.2 Å². The third-order valence-corrected chi connectivity index (χ3v) is 20.0. The molecule has 0 amide bonds. The summed E-state index contributed by atoms with van der Waals surface area (Å²) in [5.74, 6) is -4.01. The molecule has 1 saturated carbocycles. The van der Waals surface area contributed by atoms with Crippen LogP contribution in [0.3, 0.4) is 0 Å². The number of benzene rings is 15. The molecule has 1 aliphatic rings. The van der Waals surface area contributed by atoms with Gasteiger partial charge in [-0.25, -0.2) is 0 Å². The van der Waals surface area contributed by atoms with Crippen LogP contribution in [-0.4, -0.2) is 76.1 Å². The molecule has 0 aliphatic heterocycles. The third kappa shape index (κ3) is 29.6. The van der Waals surface area contributed by atoms with E-state index in [0.29, 0.717) is 17.1 Å². The van der Waals surface area contributed by atoms with E-state index >= 15 is 0 Å². The number of halogens is 4. The fraction of sp³-hybridized carbons (Fsp3) is 0.113. The molecule has 0 heterocycles. The molecule has 0 atom stereocenters. The van der Waals surface area contributed by atoms with Gasteiger partial charge in [0.05, 0.1) is 37.0 Å². The second-order valence-electron chi connectivity index (χ2n) is 30.5. The molecule has 1 aliphatic carbocycles. The van der Waals surface area contributed by atoms with Gasteiger partial charge in [0, 0.05) is 121 Å². The zero-order valence-electron chi connectivity index (χ0n) is 73.5. The van der Waals surface area contributed by atoms with Crippen molar-refractivity contribution in [2.24, 2.45) is 0 Å². The number of aryl methyl sites for hydroxylation is 2.